The van der Waals surface area contributed by atoms with Gasteiger partial charge in [0.25, 0.3) is 5.91 Å². The van der Waals surface area contributed by atoms with E-state index in [9.17, 15) is 18.0 Å². The number of hydrogen-bond donors (Lipinski definition) is 1. The molecule has 0 saturated carbocycles. The van der Waals surface area contributed by atoms with Crippen LogP contribution in [0.3, 0.4) is 0 Å². The van der Waals surface area contributed by atoms with E-state index >= 15 is 0 Å². The highest BCUT2D eigenvalue weighted by Gasteiger charge is 2.39. The molecule has 2 heterocycles. The lowest BCUT2D eigenvalue weighted by Crippen LogP contribution is -2.40. The van der Waals surface area contributed by atoms with Crippen LogP contribution in [0.2, 0.25) is 5.02 Å². The van der Waals surface area contributed by atoms with Gasteiger partial charge in [-0.15, -0.1) is 0 Å². The number of halogens is 1. The number of sulfonamides is 1. The van der Waals surface area contributed by atoms with Crippen molar-refractivity contribution in [1.82, 2.24) is 8.87 Å². The van der Waals surface area contributed by atoms with Crippen LogP contribution >= 0.6 is 22.9 Å². The molecular formula is C23H25ClN4O5S2. The second kappa shape index (κ2) is 10.6. The summed E-state index contributed by atoms with van der Waals surface area (Å²) in [5, 5.41) is 3.18. The maximum Gasteiger partial charge on any atom is 0.266 e. The van der Waals surface area contributed by atoms with Gasteiger partial charge in [-0.1, -0.05) is 22.9 Å². The third kappa shape index (κ3) is 5.49. The average Bonchev–Trinajstić information content (AvgIpc) is 3.43. The Morgan fingerprint density at radius 2 is 1.97 bits per heavy atom. The van der Waals surface area contributed by atoms with Crippen LogP contribution in [-0.4, -0.2) is 55.4 Å². The number of ether oxygens (including phenoxy) is 1. The quantitative estimate of drug-likeness (QED) is 0.498. The zero-order chi connectivity index (χ0) is 25.2. The predicted molar refractivity (Wildman–Crippen MR) is 135 cm³/mol. The fourth-order valence-electron chi connectivity index (χ4n) is 4.02. The molecule has 1 fully saturated rings. The van der Waals surface area contributed by atoms with Crippen molar-refractivity contribution in [2.45, 2.75) is 37.2 Å². The molecule has 2 amide bonds. The minimum absolute atomic E-state index is 0.0871. The molecule has 2 aromatic carbocycles. The fourth-order valence-corrected chi connectivity index (χ4v) is 6.90. The van der Waals surface area contributed by atoms with Crippen molar-refractivity contribution in [2.24, 2.45) is 4.99 Å². The van der Waals surface area contributed by atoms with Crippen molar-refractivity contribution < 1.29 is 22.7 Å². The van der Waals surface area contributed by atoms with Gasteiger partial charge in [0.1, 0.15) is 6.04 Å². The monoisotopic (exact) mass is 536 g/mol. The molecular weight excluding hydrogens is 512 g/mol. The van der Waals surface area contributed by atoms with E-state index in [0.717, 1.165) is 10.2 Å². The smallest absolute Gasteiger partial charge is 0.266 e. The lowest BCUT2D eigenvalue weighted by Gasteiger charge is -2.21. The van der Waals surface area contributed by atoms with Crippen LogP contribution in [0.15, 0.2) is 52.4 Å². The summed E-state index contributed by atoms with van der Waals surface area (Å²) in [6.45, 7) is 2.54. The average molecular weight is 537 g/mol. The van der Waals surface area contributed by atoms with Crippen LogP contribution in [-0.2, 0) is 30.9 Å². The zero-order valence-corrected chi connectivity index (χ0v) is 21.6. The van der Waals surface area contributed by atoms with E-state index in [2.05, 4.69) is 10.3 Å². The van der Waals surface area contributed by atoms with Crippen LogP contribution in [0, 0.1) is 0 Å². The van der Waals surface area contributed by atoms with E-state index in [4.69, 9.17) is 16.3 Å². The van der Waals surface area contributed by atoms with E-state index in [1.165, 1.54) is 46.8 Å². The molecule has 0 aliphatic carbocycles. The van der Waals surface area contributed by atoms with Crippen LogP contribution in [0.1, 0.15) is 19.8 Å². The third-order valence-electron chi connectivity index (χ3n) is 5.64. The number of amides is 2. The lowest BCUT2D eigenvalue weighted by atomic mass is 10.2. The van der Waals surface area contributed by atoms with Gasteiger partial charge in [-0.05, 0) is 55.3 Å². The Bertz CT molecular complexity index is 1430. The minimum atomic E-state index is -3.88. The number of hydrogen-bond acceptors (Lipinski definition) is 6. The second-order valence-corrected chi connectivity index (χ2v) is 11.4. The number of carbonyl (C=O) groups is 2. The Morgan fingerprint density at radius 3 is 2.66 bits per heavy atom. The van der Waals surface area contributed by atoms with Crippen LogP contribution < -0.4 is 10.1 Å². The highest BCUT2D eigenvalue weighted by molar-refractivity contribution is 7.89. The van der Waals surface area contributed by atoms with E-state index in [1.807, 2.05) is 16.7 Å². The Labute approximate surface area is 212 Å². The molecule has 12 heteroatoms. The summed E-state index contributed by atoms with van der Waals surface area (Å²) in [5.74, 6) is -0.698. The summed E-state index contributed by atoms with van der Waals surface area (Å²) in [4.78, 5) is 29.6. The van der Waals surface area contributed by atoms with E-state index < -0.39 is 22.0 Å². The normalized spacial score (nSPS) is 17.2. The Morgan fingerprint density at radius 1 is 1.23 bits per heavy atom. The zero-order valence-electron chi connectivity index (χ0n) is 19.2. The number of fused-ring (bicyclic) bond motifs is 1. The number of nitrogens with zero attached hydrogens (tertiary/aromatic N) is 3. The summed E-state index contributed by atoms with van der Waals surface area (Å²) in [6.07, 6.45) is 0.958. The van der Waals surface area contributed by atoms with E-state index in [0.29, 0.717) is 41.5 Å². The molecule has 1 saturated heterocycles. The summed E-state index contributed by atoms with van der Waals surface area (Å²) < 4.78 is 35.6. The van der Waals surface area contributed by atoms with E-state index in [1.54, 1.807) is 13.2 Å². The SMILES string of the molecule is COCCn1c(=NC(=O)C2CCCN2S(=O)(=O)c2ccc(Cl)cc2)sc2cc(NC(C)=O)ccc21. The van der Waals surface area contributed by atoms with E-state index in [-0.39, 0.29) is 17.3 Å². The minimum Gasteiger partial charge on any atom is -0.383 e. The molecule has 9 nitrogen and oxygen atoms in total. The Balaban J connectivity index is 1.71. The first kappa shape index (κ1) is 25.5. The van der Waals surface area contributed by atoms with Crippen molar-refractivity contribution in [2.75, 3.05) is 25.6 Å². The highest BCUT2D eigenvalue weighted by atomic mass is 35.5. The van der Waals surface area contributed by atoms with Gasteiger partial charge in [0.05, 0.1) is 21.7 Å². The van der Waals surface area contributed by atoms with Crippen molar-refractivity contribution in [1.29, 1.82) is 0 Å². The molecule has 1 N–H and O–H groups in total. The van der Waals surface area contributed by atoms with Crippen molar-refractivity contribution in [3.8, 4) is 0 Å². The molecule has 3 aromatic rings. The van der Waals surface area contributed by atoms with Gasteiger partial charge in [0, 0.05) is 37.8 Å². The standard InChI is InChI=1S/C23H25ClN4O5S2/c1-15(29)25-17-7-10-19-21(14-17)34-23(27(19)12-13-33-2)26-22(30)20-4-3-11-28(20)35(31,32)18-8-5-16(24)6-9-18/h5-10,14,20H,3-4,11-13H2,1-2H3,(H,25,29). The molecule has 1 aliphatic heterocycles. The molecule has 0 spiro atoms. The first-order valence-corrected chi connectivity index (χ1v) is 13.6. The number of benzene rings is 2. The van der Waals surface area contributed by atoms with Gasteiger partial charge in [0.15, 0.2) is 4.80 Å². The molecule has 186 valence electrons. The molecule has 1 atom stereocenters. The van der Waals surface area contributed by atoms with Gasteiger partial charge in [0.2, 0.25) is 15.9 Å². The van der Waals surface area contributed by atoms with Gasteiger partial charge in [-0.3, -0.25) is 9.59 Å². The van der Waals surface area contributed by atoms with Crippen LogP contribution in [0.25, 0.3) is 10.2 Å². The third-order valence-corrected chi connectivity index (χ3v) is 8.85. The number of thiazole rings is 1. The number of anilines is 1. The number of aromatic nitrogens is 1. The van der Waals surface area contributed by atoms with Crippen LogP contribution in [0.5, 0.6) is 0 Å². The van der Waals surface area contributed by atoms with Crippen molar-refractivity contribution in [3.05, 3.63) is 52.3 Å². The second-order valence-electron chi connectivity index (χ2n) is 8.07. The van der Waals surface area contributed by atoms with Crippen molar-refractivity contribution in [3.63, 3.8) is 0 Å². The molecule has 0 radical (unpaired) electrons. The largest absolute Gasteiger partial charge is 0.383 e. The predicted octanol–water partition coefficient (Wildman–Crippen LogP) is 3.24. The summed E-state index contributed by atoms with van der Waals surface area (Å²) >= 11 is 7.20. The molecule has 0 bridgehead atoms. The summed E-state index contributed by atoms with van der Waals surface area (Å²) in [5.41, 5.74) is 1.48. The van der Waals surface area contributed by atoms with Gasteiger partial charge in [-0.2, -0.15) is 9.30 Å². The molecule has 1 aromatic heterocycles. The molecule has 1 unspecified atom stereocenters. The molecule has 1 aliphatic rings. The van der Waals surface area contributed by atoms with Crippen molar-refractivity contribution >= 4 is 60.7 Å². The number of rotatable bonds is 7. The maximum absolute atomic E-state index is 13.3. The summed E-state index contributed by atoms with van der Waals surface area (Å²) in [7, 11) is -2.29. The van der Waals surface area contributed by atoms with Crippen LogP contribution in [0.4, 0.5) is 5.69 Å². The fraction of sp³-hybridized carbons (Fsp3) is 0.348. The first-order chi connectivity index (χ1) is 16.7. The molecule has 4 rings (SSSR count). The van der Waals surface area contributed by atoms with Gasteiger partial charge >= 0.3 is 0 Å². The Hall–Kier alpha value is -2.57. The number of methoxy groups -OCH3 is 1. The maximum atomic E-state index is 13.3. The lowest BCUT2D eigenvalue weighted by molar-refractivity contribution is -0.121. The first-order valence-electron chi connectivity index (χ1n) is 11.0. The van der Waals surface area contributed by atoms with Gasteiger partial charge in [-0.25, -0.2) is 8.42 Å². The number of nitrogens with one attached hydrogen (secondary N) is 1. The number of carbonyl (C=O) groups excluding carboxylic acids is 2. The summed E-state index contributed by atoms with van der Waals surface area (Å²) in [6, 6.07) is 10.5. The topological polar surface area (TPSA) is 110 Å². The highest BCUT2D eigenvalue weighted by Crippen LogP contribution is 2.28. The Kier molecular flexibility index (Phi) is 7.72. The van der Waals surface area contributed by atoms with Gasteiger partial charge < -0.3 is 14.6 Å². The molecule has 35 heavy (non-hydrogen) atoms.